The third kappa shape index (κ3) is 2.45. The molecule has 0 bridgehead atoms. The third-order valence-electron chi connectivity index (χ3n) is 4.32. The molecule has 2 aliphatic heterocycles. The molecule has 1 atom stereocenters. The lowest BCUT2D eigenvalue weighted by Crippen LogP contribution is -2.40. The summed E-state index contributed by atoms with van der Waals surface area (Å²) in [5, 5.41) is 0. The van der Waals surface area contributed by atoms with E-state index in [0.29, 0.717) is 17.7 Å². The first-order valence-electron chi connectivity index (χ1n) is 7.54. The van der Waals surface area contributed by atoms with E-state index < -0.39 is 0 Å². The maximum absolute atomic E-state index is 12.4. The number of fused-ring (bicyclic) bond motifs is 2. The van der Waals surface area contributed by atoms with E-state index in [1.54, 1.807) is 24.3 Å². The first-order chi connectivity index (χ1) is 11.1. The molecule has 23 heavy (non-hydrogen) atoms. The Bertz CT molecular complexity index is 783. The van der Waals surface area contributed by atoms with Gasteiger partial charge >= 0.3 is 0 Å². The summed E-state index contributed by atoms with van der Waals surface area (Å²) in [6.07, 6.45) is 1.50. The van der Waals surface area contributed by atoms with Gasteiger partial charge in [-0.15, -0.1) is 0 Å². The average molecular weight is 372 g/mol. The van der Waals surface area contributed by atoms with Gasteiger partial charge in [0.2, 0.25) is 0 Å². The molecule has 4 rings (SSSR count). The minimum Gasteiger partial charge on any atom is -0.488 e. The minimum absolute atomic E-state index is 0.161. The molecule has 2 amide bonds. The number of nitrogens with zero attached hydrogens (tertiary/aromatic N) is 1. The Morgan fingerprint density at radius 2 is 1.78 bits per heavy atom. The van der Waals surface area contributed by atoms with Gasteiger partial charge in [-0.3, -0.25) is 14.5 Å². The molecule has 0 saturated carbocycles. The van der Waals surface area contributed by atoms with Gasteiger partial charge in [0.05, 0.1) is 17.7 Å². The van der Waals surface area contributed by atoms with Crippen LogP contribution < -0.4 is 4.74 Å². The Morgan fingerprint density at radius 3 is 2.48 bits per heavy atom. The predicted octanol–water partition coefficient (Wildman–Crippen LogP) is 3.44. The molecule has 0 saturated heterocycles. The van der Waals surface area contributed by atoms with E-state index in [9.17, 15) is 9.59 Å². The zero-order chi connectivity index (χ0) is 16.0. The molecule has 2 aliphatic rings. The van der Waals surface area contributed by atoms with Crippen molar-refractivity contribution in [1.82, 2.24) is 4.90 Å². The molecular formula is C18H14BrNO3. The topological polar surface area (TPSA) is 46.6 Å². The zero-order valence-electron chi connectivity index (χ0n) is 12.3. The van der Waals surface area contributed by atoms with Gasteiger partial charge < -0.3 is 4.74 Å². The van der Waals surface area contributed by atoms with Crippen LogP contribution in [0.3, 0.4) is 0 Å². The van der Waals surface area contributed by atoms with E-state index in [-0.39, 0.29) is 17.9 Å². The summed E-state index contributed by atoms with van der Waals surface area (Å²) in [5.74, 6) is 0.382. The monoisotopic (exact) mass is 371 g/mol. The molecule has 0 radical (unpaired) electrons. The Morgan fingerprint density at radius 1 is 1.09 bits per heavy atom. The quantitative estimate of drug-likeness (QED) is 0.759. The SMILES string of the molecule is O=C1c2ccccc2C(=O)N1C[C@H]1CCc2cc(Br)ccc2O1. The summed E-state index contributed by atoms with van der Waals surface area (Å²) < 4.78 is 7.00. The van der Waals surface area contributed by atoms with Gasteiger partial charge in [0.15, 0.2) is 0 Å². The first-order valence-corrected chi connectivity index (χ1v) is 8.33. The molecule has 116 valence electrons. The van der Waals surface area contributed by atoms with Gasteiger partial charge in [-0.2, -0.15) is 0 Å². The van der Waals surface area contributed by atoms with Gasteiger partial charge in [-0.05, 0) is 48.7 Å². The highest BCUT2D eigenvalue weighted by molar-refractivity contribution is 9.10. The summed E-state index contributed by atoms with van der Waals surface area (Å²) in [7, 11) is 0. The van der Waals surface area contributed by atoms with Gasteiger partial charge in [-0.1, -0.05) is 28.1 Å². The van der Waals surface area contributed by atoms with Gasteiger partial charge in [0.25, 0.3) is 11.8 Å². The zero-order valence-corrected chi connectivity index (χ0v) is 13.9. The Hall–Kier alpha value is -2.14. The van der Waals surface area contributed by atoms with Crippen LogP contribution in [0, 0.1) is 0 Å². The van der Waals surface area contributed by atoms with Gasteiger partial charge in [-0.25, -0.2) is 0 Å². The second kappa shape index (κ2) is 5.49. The summed E-state index contributed by atoms with van der Waals surface area (Å²) in [6, 6.07) is 12.9. The van der Waals surface area contributed by atoms with Gasteiger partial charge in [0, 0.05) is 4.47 Å². The number of hydrogen-bond acceptors (Lipinski definition) is 3. The molecule has 2 aromatic rings. The van der Waals surface area contributed by atoms with E-state index in [1.165, 1.54) is 4.90 Å². The number of carbonyl (C=O) groups is 2. The Labute approximate surface area is 142 Å². The summed E-state index contributed by atoms with van der Waals surface area (Å²) in [6.45, 7) is 0.294. The number of aryl methyl sites for hydroxylation is 1. The van der Waals surface area contributed by atoms with Crippen molar-refractivity contribution in [2.45, 2.75) is 18.9 Å². The van der Waals surface area contributed by atoms with Crippen LogP contribution in [-0.2, 0) is 6.42 Å². The first kappa shape index (κ1) is 14.5. The fourth-order valence-electron chi connectivity index (χ4n) is 3.15. The van der Waals surface area contributed by atoms with E-state index in [1.807, 2.05) is 18.2 Å². The molecule has 0 spiro atoms. The van der Waals surface area contributed by atoms with Crippen LogP contribution in [0.15, 0.2) is 46.9 Å². The Kier molecular flexibility index (Phi) is 3.45. The van der Waals surface area contributed by atoms with Crippen LogP contribution in [0.1, 0.15) is 32.7 Å². The van der Waals surface area contributed by atoms with E-state index >= 15 is 0 Å². The van der Waals surface area contributed by atoms with Crippen LogP contribution in [0.25, 0.3) is 0 Å². The lowest BCUT2D eigenvalue weighted by Gasteiger charge is -2.28. The van der Waals surface area contributed by atoms with Crippen LogP contribution in [0.2, 0.25) is 0 Å². The Balaban J connectivity index is 1.53. The molecular weight excluding hydrogens is 358 g/mol. The minimum atomic E-state index is -0.226. The van der Waals surface area contributed by atoms with Crippen LogP contribution in [-0.4, -0.2) is 29.4 Å². The number of rotatable bonds is 2. The van der Waals surface area contributed by atoms with Gasteiger partial charge in [0.1, 0.15) is 11.9 Å². The smallest absolute Gasteiger partial charge is 0.261 e. The fraction of sp³-hybridized carbons (Fsp3) is 0.222. The van der Waals surface area contributed by atoms with Crippen LogP contribution in [0.4, 0.5) is 0 Å². The van der Waals surface area contributed by atoms with E-state index in [0.717, 1.165) is 28.6 Å². The van der Waals surface area contributed by atoms with Crippen molar-refractivity contribution in [3.05, 3.63) is 63.6 Å². The highest BCUT2D eigenvalue weighted by Crippen LogP contribution is 2.31. The molecule has 2 aromatic carbocycles. The fourth-order valence-corrected chi connectivity index (χ4v) is 3.56. The largest absolute Gasteiger partial charge is 0.488 e. The number of ether oxygens (including phenoxy) is 1. The highest BCUT2D eigenvalue weighted by atomic mass is 79.9. The summed E-state index contributed by atoms with van der Waals surface area (Å²) >= 11 is 3.46. The number of halogens is 1. The van der Waals surface area contributed by atoms with Crippen LogP contribution >= 0.6 is 15.9 Å². The predicted molar refractivity (Wildman–Crippen MR) is 88.7 cm³/mol. The van der Waals surface area contributed by atoms with Crippen molar-refractivity contribution in [3.63, 3.8) is 0 Å². The highest BCUT2D eigenvalue weighted by Gasteiger charge is 2.37. The normalized spacial score (nSPS) is 19.3. The number of hydrogen-bond donors (Lipinski definition) is 0. The standard InChI is InChI=1S/C18H14BrNO3/c19-12-6-8-16-11(9-12)5-7-13(23-16)10-20-17(21)14-3-1-2-4-15(14)18(20)22/h1-4,6,8-9,13H,5,7,10H2/t13-/m1/s1. The lowest BCUT2D eigenvalue weighted by atomic mass is 10.0. The van der Waals surface area contributed by atoms with Crippen molar-refractivity contribution >= 4 is 27.7 Å². The number of carbonyl (C=O) groups excluding carboxylic acids is 2. The number of imide groups is 1. The number of benzene rings is 2. The average Bonchev–Trinajstić information content (AvgIpc) is 2.80. The van der Waals surface area contributed by atoms with E-state index in [4.69, 9.17) is 4.74 Å². The second-order valence-corrected chi connectivity index (χ2v) is 6.71. The maximum Gasteiger partial charge on any atom is 0.261 e. The molecule has 0 aromatic heterocycles. The molecule has 0 fully saturated rings. The summed E-state index contributed by atoms with van der Waals surface area (Å²) in [4.78, 5) is 26.1. The maximum atomic E-state index is 12.4. The molecule has 0 unspecified atom stereocenters. The van der Waals surface area contributed by atoms with Crippen molar-refractivity contribution in [1.29, 1.82) is 0 Å². The van der Waals surface area contributed by atoms with Crippen molar-refractivity contribution in [3.8, 4) is 5.75 Å². The van der Waals surface area contributed by atoms with Crippen LogP contribution in [0.5, 0.6) is 5.75 Å². The molecule has 5 heteroatoms. The second-order valence-electron chi connectivity index (χ2n) is 5.80. The van der Waals surface area contributed by atoms with Crippen molar-refractivity contribution in [2.75, 3.05) is 6.54 Å². The van der Waals surface area contributed by atoms with Crippen molar-refractivity contribution < 1.29 is 14.3 Å². The molecule has 2 heterocycles. The summed E-state index contributed by atoms with van der Waals surface area (Å²) in [5.41, 5.74) is 2.12. The molecule has 0 aliphatic carbocycles. The lowest BCUT2D eigenvalue weighted by molar-refractivity contribution is 0.0551. The molecule has 4 nitrogen and oxygen atoms in total. The van der Waals surface area contributed by atoms with E-state index in [2.05, 4.69) is 15.9 Å². The molecule has 0 N–H and O–H groups in total. The number of amides is 2. The van der Waals surface area contributed by atoms with Crippen molar-refractivity contribution in [2.24, 2.45) is 0 Å². The third-order valence-corrected chi connectivity index (χ3v) is 4.81.